The largest absolute Gasteiger partial charge is 0.490 e. The van der Waals surface area contributed by atoms with Gasteiger partial charge >= 0.3 is 0 Å². The van der Waals surface area contributed by atoms with Crippen LogP contribution in [0, 0.1) is 0 Å². The standard InChI is InChI=1S/C37H32N2O4/c38-32-23-31(24-33(39)25-32)37(41)22-27-6-11-28(12-7-27)29-13-17-35(18-14-29)43-21-20-42-34-15-8-26(9-16-34)10-19-36(40)30-4-2-1-3-5-30/h1-19,23-25H,20-22,38-39H2/b19-10+. The Bertz CT molecular complexity index is 1690. The van der Waals surface area contributed by atoms with E-state index in [0.717, 1.165) is 33.8 Å². The number of ketones is 2. The molecule has 0 saturated heterocycles. The number of hydrogen-bond donors (Lipinski definition) is 2. The molecule has 0 amide bonds. The van der Waals surface area contributed by atoms with E-state index < -0.39 is 0 Å². The topological polar surface area (TPSA) is 105 Å². The van der Waals surface area contributed by atoms with Gasteiger partial charge in [-0.3, -0.25) is 9.59 Å². The van der Waals surface area contributed by atoms with Crippen molar-refractivity contribution in [1.82, 2.24) is 0 Å². The average Bonchev–Trinajstić information content (AvgIpc) is 3.03. The van der Waals surface area contributed by atoms with Crippen molar-refractivity contribution in [2.24, 2.45) is 0 Å². The van der Waals surface area contributed by atoms with E-state index >= 15 is 0 Å². The van der Waals surface area contributed by atoms with Gasteiger partial charge in [0.1, 0.15) is 24.7 Å². The number of carbonyl (C=O) groups is 2. The normalized spacial score (nSPS) is 10.9. The van der Waals surface area contributed by atoms with Crippen molar-refractivity contribution < 1.29 is 19.1 Å². The van der Waals surface area contributed by atoms with Gasteiger partial charge in [-0.15, -0.1) is 0 Å². The maximum atomic E-state index is 12.7. The van der Waals surface area contributed by atoms with E-state index in [1.165, 1.54) is 0 Å². The molecule has 0 aliphatic rings. The van der Waals surface area contributed by atoms with Gasteiger partial charge in [0, 0.05) is 28.9 Å². The summed E-state index contributed by atoms with van der Waals surface area (Å²) in [6.45, 7) is 0.791. The number of allylic oxidation sites excluding steroid dienone is 1. The summed E-state index contributed by atoms with van der Waals surface area (Å²) in [5, 5.41) is 0. The monoisotopic (exact) mass is 568 g/mol. The molecule has 0 fully saturated rings. The van der Waals surface area contributed by atoms with Crippen LogP contribution in [0.1, 0.15) is 31.8 Å². The maximum Gasteiger partial charge on any atom is 0.185 e. The molecule has 5 aromatic carbocycles. The first kappa shape index (κ1) is 28.9. The van der Waals surface area contributed by atoms with Crippen molar-refractivity contribution in [3.8, 4) is 22.6 Å². The van der Waals surface area contributed by atoms with Gasteiger partial charge < -0.3 is 20.9 Å². The second-order valence-corrected chi connectivity index (χ2v) is 10.0. The van der Waals surface area contributed by atoms with Crippen molar-refractivity contribution >= 4 is 29.0 Å². The van der Waals surface area contributed by atoms with Crippen LogP contribution in [0.5, 0.6) is 11.5 Å². The Kier molecular flexibility index (Phi) is 9.29. The molecule has 0 radical (unpaired) electrons. The molecule has 0 unspecified atom stereocenters. The summed E-state index contributed by atoms with van der Waals surface area (Å²) >= 11 is 0. The third-order valence-corrected chi connectivity index (χ3v) is 6.79. The minimum Gasteiger partial charge on any atom is -0.490 e. The van der Waals surface area contributed by atoms with Gasteiger partial charge in [0.15, 0.2) is 11.6 Å². The van der Waals surface area contributed by atoms with Crippen LogP contribution in [-0.2, 0) is 6.42 Å². The molecule has 43 heavy (non-hydrogen) atoms. The fourth-order valence-corrected chi connectivity index (χ4v) is 4.55. The Morgan fingerprint density at radius 3 is 1.72 bits per heavy atom. The van der Waals surface area contributed by atoms with Crippen LogP contribution in [0.25, 0.3) is 17.2 Å². The number of anilines is 2. The molecule has 5 aromatic rings. The summed E-state index contributed by atoms with van der Waals surface area (Å²) in [5.41, 5.74) is 17.7. The third kappa shape index (κ3) is 8.21. The van der Waals surface area contributed by atoms with Crippen molar-refractivity contribution in [2.75, 3.05) is 24.7 Å². The molecular formula is C37H32N2O4. The van der Waals surface area contributed by atoms with E-state index in [0.29, 0.717) is 35.7 Å². The number of nitrogens with two attached hydrogens (primary N) is 2. The summed E-state index contributed by atoms with van der Waals surface area (Å²) < 4.78 is 11.6. The number of nitrogen functional groups attached to an aromatic ring is 2. The number of Topliss-reactive ketones (excluding diaryl/α,β-unsaturated/α-hetero) is 1. The van der Waals surface area contributed by atoms with E-state index in [1.54, 1.807) is 42.5 Å². The molecular weight excluding hydrogens is 536 g/mol. The minimum absolute atomic E-state index is 0.0291. The molecule has 0 bridgehead atoms. The highest BCUT2D eigenvalue weighted by Crippen LogP contribution is 2.24. The van der Waals surface area contributed by atoms with Gasteiger partial charge in [0.2, 0.25) is 0 Å². The van der Waals surface area contributed by atoms with Crippen molar-refractivity contribution in [2.45, 2.75) is 6.42 Å². The van der Waals surface area contributed by atoms with Crippen LogP contribution in [0.3, 0.4) is 0 Å². The fraction of sp³-hybridized carbons (Fsp3) is 0.0811. The van der Waals surface area contributed by atoms with Crippen LogP contribution in [0.4, 0.5) is 11.4 Å². The zero-order valence-electron chi connectivity index (χ0n) is 23.6. The van der Waals surface area contributed by atoms with Crippen LogP contribution in [-0.4, -0.2) is 24.8 Å². The quantitative estimate of drug-likeness (QED) is 0.0708. The molecule has 0 aliphatic heterocycles. The highest BCUT2D eigenvalue weighted by Gasteiger charge is 2.09. The lowest BCUT2D eigenvalue weighted by Crippen LogP contribution is -2.08. The lowest BCUT2D eigenvalue weighted by Gasteiger charge is -2.10. The number of hydrogen-bond acceptors (Lipinski definition) is 6. The first-order chi connectivity index (χ1) is 20.9. The summed E-state index contributed by atoms with van der Waals surface area (Å²) in [7, 11) is 0. The smallest absolute Gasteiger partial charge is 0.185 e. The Morgan fingerprint density at radius 1 is 0.605 bits per heavy atom. The summed E-state index contributed by atoms with van der Waals surface area (Å²) in [4.78, 5) is 24.9. The van der Waals surface area contributed by atoms with E-state index in [9.17, 15) is 9.59 Å². The predicted molar refractivity (Wildman–Crippen MR) is 172 cm³/mol. The molecule has 0 aromatic heterocycles. The molecule has 214 valence electrons. The third-order valence-electron chi connectivity index (χ3n) is 6.79. The lowest BCUT2D eigenvalue weighted by molar-refractivity contribution is 0.0992. The molecule has 0 spiro atoms. The summed E-state index contributed by atoms with van der Waals surface area (Å²) in [5.74, 6) is 1.42. The molecule has 6 nitrogen and oxygen atoms in total. The van der Waals surface area contributed by atoms with Gasteiger partial charge in [-0.25, -0.2) is 0 Å². The molecule has 6 heteroatoms. The van der Waals surface area contributed by atoms with E-state index in [1.807, 2.05) is 91.0 Å². The van der Waals surface area contributed by atoms with Crippen molar-refractivity contribution in [1.29, 1.82) is 0 Å². The van der Waals surface area contributed by atoms with Crippen LogP contribution in [0.15, 0.2) is 127 Å². The molecule has 0 aliphatic carbocycles. The van der Waals surface area contributed by atoms with Crippen LogP contribution in [0.2, 0.25) is 0 Å². The number of benzene rings is 5. The highest BCUT2D eigenvalue weighted by atomic mass is 16.5. The second kappa shape index (κ2) is 13.8. The van der Waals surface area contributed by atoms with Crippen molar-refractivity contribution in [3.63, 3.8) is 0 Å². The van der Waals surface area contributed by atoms with E-state index in [-0.39, 0.29) is 18.0 Å². The maximum absolute atomic E-state index is 12.7. The highest BCUT2D eigenvalue weighted by molar-refractivity contribution is 6.06. The Balaban J connectivity index is 1.06. The summed E-state index contributed by atoms with van der Waals surface area (Å²) in [6.07, 6.45) is 3.64. The Morgan fingerprint density at radius 2 is 1.14 bits per heavy atom. The van der Waals surface area contributed by atoms with Crippen LogP contribution >= 0.6 is 0 Å². The van der Waals surface area contributed by atoms with Crippen LogP contribution < -0.4 is 20.9 Å². The molecule has 0 atom stereocenters. The molecule has 0 saturated carbocycles. The lowest BCUT2D eigenvalue weighted by atomic mass is 9.99. The van der Waals surface area contributed by atoms with Gasteiger partial charge in [0.05, 0.1) is 0 Å². The second-order valence-electron chi connectivity index (χ2n) is 10.0. The Labute approximate surface area is 251 Å². The van der Waals surface area contributed by atoms with E-state index in [4.69, 9.17) is 20.9 Å². The molecule has 4 N–H and O–H groups in total. The first-order valence-electron chi connectivity index (χ1n) is 13.9. The number of rotatable bonds is 12. The zero-order valence-corrected chi connectivity index (χ0v) is 23.6. The van der Waals surface area contributed by atoms with Gasteiger partial charge in [-0.1, -0.05) is 84.9 Å². The average molecular weight is 569 g/mol. The summed E-state index contributed by atoms with van der Waals surface area (Å²) in [6, 6.07) is 37.4. The number of ether oxygens (including phenoxy) is 2. The van der Waals surface area contributed by atoms with Crippen molar-refractivity contribution in [3.05, 3.63) is 150 Å². The first-order valence-corrected chi connectivity index (χ1v) is 13.9. The Hall–Kier alpha value is -5.62. The SMILES string of the molecule is Nc1cc(N)cc(C(=O)Cc2ccc(-c3ccc(OCCOc4ccc(/C=C/C(=O)c5ccccc5)cc4)cc3)cc2)c1. The van der Waals surface area contributed by atoms with E-state index in [2.05, 4.69) is 0 Å². The van der Waals surface area contributed by atoms with Gasteiger partial charge in [-0.2, -0.15) is 0 Å². The molecule has 5 rings (SSSR count). The fourth-order valence-electron chi connectivity index (χ4n) is 4.55. The van der Waals surface area contributed by atoms with Gasteiger partial charge in [-0.05, 0) is 70.8 Å². The molecule has 0 heterocycles. The zero-order chi connectivity index (χ0) is 30.0. The minimum atomic E-state index is -0.0329. The number of carbonyl (C=O) groups excluding carboxylic acids is 2. The predicted octanol–water partition coefficient (Wildman–Crippen LogP) is 7.30. The van der Waals surface area contributed by atoms with Gasteiger partial charge in [0.25, 0.3) is 0 Å².